The largest absolute Gasteiger partial charge is 0.382 e. The van der Waals surface area contributed by atoms with Crippen molar-refractivity contribution in [2.45, 2.75) is 37.8 Å². The number of imidazole rings is 1. The molecule has 2 aliphatic rings. The van der Waals surface area contributed by atoms with Gasteiger partial charge in [-0.2, -0.15) is 0 Å². The zero-order chi connectivity index (χ0) is 22.9. The molecule has 7 nitrogen and oxygen atoms in total. The third-order valence-electron chi connectivity index (χ3n) is 6.94. The van der Waals surface area contributed by atoms with E-state index in [9.17, 15) is 4.79 Å². The van der Waals surface area contributed by atoms with Crippen LogP contribution in [0.1, 0.15) is 64.9 Å². The third kappa shape index (κ3) is 3.26. The quantitative estimate of drug-likeness (QED) is 0.469. The van der Waals surface area contributed by atoms with Gasteiger partial charge in [-0.05, 0) is 54.5 Å². The van der Waals surface area contributed by atoms with Gasteiger partial charge in [0.2, 0.25) is 0 Å². The number of likely N-dealkylation sites (N-methyl/N-ethyl adjacent to an activating group) is 1. The van der Waals surface area contributed by atoms with Crippen LogP contribution in [0.4, 0.5) is 5.82 Å². The number of hydrogen-bond acceptors (Lipinski definition) is 5. The van der Waals surface area contributed by atoms with E-state index in [1.165, 1.54) is 24.0 Å². The highest BCUT2D eigenvalue weighted by molar-refractivity contribution is 6.34. The molecule has 3 heterocycles. The zero-order valence-corrected chi connectivity index (χ0v) is 19.2. The fourth-order valence-electron chi connectivity index (χ4n) is 4.85. The molecular weight excluding hydrogens is 438 g/mol. The third-order valence-corrected chi connectivity index (χ3v) is 7.26. The van der Waals surface area contributed by atoms with E-state index in [1.54, 1.807) is 36.6 Å². The number of amides is 1. The van der Waals surface area contributed by atoms with Crippen molar-refractivity contribution in [3.8, 4) is 0 Å². The summed E-state index contributed by atoms with van der Waals surface area (Å²) in [6.07, 6.45) is 5.82. The number of aromatic nitrogens is 3. The van der Waals surface area contributed by atoms with Crippen LogP contribution >= 0.6 is 11.6 Å². The van der Waals surface area contributed by atoms with Crippen molar-refractivity contribution in [2.24, 2.45) is 0 Å². The number of fused-ring (bicyclic) bond motifs is 4. The number of anilines is 1. The number of hydrogen-bond donors (Lipinski definition) is 1. The predicted molar refractivity (Wildman–Crippen MR) is 128 cm³/mol. The molecule has 6 rings (SSSR count). The summed E-state index contributed by atoms with van der Waals surface area (Å²) < 4.78 is 7.90. The summed E-state index contributed by atoms with van der Waals surface area (Å²) in [5.74, 6) is 0.858. The van der Waals surface area contributed by atoms with Crippen molar-refractivity contribution in [1.29, 1.82) is 0 Å². The van der Waals surface area contributed by atoms with E-state index in [1.807, 2.05) is 4.40 Å². The van der Waals surface area contributed by atoms with E-state index in [0.717, 1.165) is 11.1 Å². The van der Waals surface area contributed by atoms with E-state index in [4.69, 9.17) is 22.1 Å². The first-order chi connectivity index (χ1) is 15.9. The molecule has 2 aromatic carbocycles. The summed E-state index contributed by atoms with van der Waals surface area (Å²) in [7, 11) is 1.81. The standard InChI is InChI=1S/C25H24ClN5O2/c1-13-17-7-15(14-3-4-14)5-6-16(17)23(11-33-13)30(2)25(32)18-8-21-20(9-19(18)26)29-24(27)22-10-28-12-31(21)22/h5-10,12-14,23H,3-4,11H2,1-2H3,(H2,27,29)/t13-,23-/m1/s1. The lowest BCUT2D eigenvalue weighted by atomic mass is 9.91. The van der Waals surface area contributed by atoms with Crippen LogP contribution in [-0.4, -0.2) is 38.8 Å². The number of nitrogen functional groups attached to an aromatic ring is 1. The lowest BCUT2D eigenvalue weighted by molar-refractivity contribution is 0.00490. The Kier molecular flexibility index (Phi) is 4.61. The van der Waals surface area contributed by atoms with E-state index >= 15 is 0 Å². The molecule has 0 bridgehead atoms. The number of carbonyl (C=O) groups excluding carboxylic acids is 1. The van der Waals surface area contributed by atoms with Gasteiger partial charge in [0.15, 0.2) is 0 Å². The number of nitrogens with two attached hydrogens (primary N) is 1. The van der Waals surface area contributed by atoms with Crippen molar-refractivity contribution in [1.82, 2.24) is 19.3 Å². The van der Waals surface area contributed by atoms with E-state index in [-0.39, 0.29) is 18.1 Å². The van der Waals surface area contributed by atoms with Gasteiger partial charge in [0.05, 0.1) is 52.9 Å². The molecule has 2 atom stereocenters. The molecule has 0 spiro atoms. The van der Waals surface area contributed by atoms with Gasteiger partial charge in [-0.3, -0.25) is 9.20 Å². The minimum atomic E-state index is -0.193. The number of nitrogens with zero attached hydrogens (tertiary/aromatic N) is 4. The summed E-state index contributed by atoms with van der Waals surface area (Å²) in [6, 6.07) is 9.89. The Balaban J connectivity index is 1.40. The second-order valence-corrected chi connectivity index (χ2v) is 9.44. The summed E-state index contributed by atoms with van der Waals surface area (Å²) in [6.45, 7) is 2.51. The van der Waals surface area contributed by atoms with Crippen LogP contribution < -0.4 is 5.73 Å². The van der Waals surface area contributed by atoms with Crippen molar-refractivity contribution in [2.75, 3.05) is 19.4 Å². The van der Waals surface area contributed by atoms with Crippen molar-refractivity contribution < 1.29 is 9.53 Å². The molecule has 1 fully saturated rings. The zero-order valence-electron chi connectivity index (χ0n) is 18.5. The van der Waals surface area contributed by atoms with Gasteiger partial charge < -0.3 is 15.4 Å². The molecule has 0 saturated heterocycles. The second kappa shape index (κ2) is 7.43. The molecule has 0 unspecified atom stereocenters. The Morgan fingerprint density at radius 1 is 1.21 bits per heavy atom. The number of halogens is 1. The fraction of sp³-hybridized carbons (Fsp3) is 0.320. The van der Waals surface area contributed by atoms with Gasteiger partial charge in [-0.1, -0.05) is 29.8 Å². The normalized spacial score (nSPS) is 20.2. The first-order valence-corrected chi connectivity index (χ1v) is 11.5. The average Bonchev–Trinajstić information content (AvgIpc) is 3.54. The summed E-state index contributed by atoms with van der Waals surface area (Å²) in [5.41, 5.74) is 12.1. The van der Waals surface area contributed by atoms with E-state index < -0.39 is 0 Å². The number of rotatable bonds is 3. The highest BCUT2D eigenvalue weighted by Gasteiger charge is 2.33. The minimum absolute atomic E-state index is 0.00812. The fourth-order valence-corrected chi connectivity index (χ4v) is 5.09. The van der Waals surface area contributed by atoms with Crippen molar-refractivity contribution in [3.05, 3.63) is 70.1 Å². The number of benzene rings is 2. The summed E-state index contributed by atoms with van der Waals surface area (Å²) in [5, 5.41) is 0.333. The van der Waals surface area contributed by atoms with Gasteiger partial charge in [-0.25, -0.2) is 9.97 Å². The van der Waals surface area contributed by atoms with E-state index in [2.05, 4.69) is 35.1 Å². The Morgan fingerprint density at radius 3 is 2.82 bits per heavy atom. The molecule has 1 aliphatic heterocycles. The number of carbonyl (C=O) groups is 1. The SMILES string of the molecule is C[C@H]1OC[C@@H](N(C)C(=O)c2cc3c(cc2Cl)nc(N)c2cncn23)c2ccc(C3CC3)cc21. The Bertz CT molecular complexity index is 1430. The van der Waals surface area contributed by atoms with Crippen molar-refractivity contribution >= 4 is 39.9 Å². The second-order valence-electron chi connectivity index (χ2n) is 9.04. The maximum Gasteiger partial charge on any atom is 0.255 e. The lowest BCUT2D eigenvalue weighted by Gasteiger charge is -2.36. The highest BCUT2D eigenvalue weighted by atomic mass is 35.5. The van der Waals surface area contributed by atoms with Gasteiger partial charge in [0.25, 0.3) is 5.91 Å². The van der Waals surface area contributed by atoms with Crippen LogP contribution in [0.3, 0.4) is 0 Å². The molecule has 1 aliphatic carbocycles. The average molecular weight is 462 g/mol. The number of ether oxygens (including phenoxy) is 1. The monoisotopic (exact) mass is 461 g/mol. The molecule has 168 valence electrons. The van der Waals surface area contributed by atoms with E-state index in [0.29, 0.717) is 40.0 Å². The van der Waals surface area contributed by atoms with Gasteiger partial charge in [-0.15, -0.1) is 0 Å². The summed E-state index contributed by atoms with van der Waals surface area (Å²) in [4.78, 5) is 24.0. The predicted octanol–water partition coefficient (Wildman–Crippen LogP) is 4.90. The Labute approximate surface area is 196 Å². The van der Waals surface area contributed by atoms with Crippen LogP contribution in [0.2, 0.25) is 5.02 Å². The van der Waals surface area contributed by atoms with Crippen LogP contribution in [0.5, 0.6) is 0 Å². The minimum Gasteiger partial charge on any atom is -0.382 e. The summed E-state index contributed by atoms with van der Waals surface area (Å²) >= 11 is 6.56. The van der Waals surface area contributed by atoms with Gasteiger partial charge in [0, 0.05) is 7.05 Å². The lowest BCUT2D eigenvalue weighted by Crippen LogP contribution is -2.37. The molecule has 4 aromatic rings. The van der Waals surface area contributed by atoms with Crippen LogP contribution in [0, 0.1) is 0 Å². The maximum atomic E-state index is 13.6. The Hall–Kier alpha value is -3.16. The smallest absolute Gasteiger partial charge is 0.255 e. The topological polar surface area (TPSA) is 85.8 Å². The Morgan fingerprint density at radius 2 is 2.03 bits per heavy atom. The molecule has 0 radical (unpaired) electrons. The molecular formula is C25H24ClN5O2. The van der Waals surface area contributed by atoms with Gasteiger partial charge >= 0.3 is 0 Å². The van der Waals surface area contributed by atoms with Crippen molar-refractivity contribution in [3.63, 3.8) is 0 Å². The molecule has 2 N–H and O–H groups in total. The first-order valence-electron chi connectivity index (χ1n) is 11.2. The molecule has 1 amide bonds. The van der Waals surface area contributed by atoms with Crippen LogP contribution in [-0.2, 0) is 4.74 Å². The van der Waals surface area contributed by atoms with Crippen LogP contribution in [0.15, 0.2) is 42.9 Å². The molecule has 8 heteroatoms. The molecule has 1 saturated carbocycles. The van der Waals surface area contributed by atoms with Crippen LogP contribution in [0.25, 0.3) is 16.6 Å². The molecule has 2 aromatic heterocycles. The highest BCUT2D eigenvalue weighted by Crippen LogP contribution is 2.44. The van der Waals surface area contributed by atoms with Gasteiger partial charge in [0.1, 0.15) is 11.3 Å². The molecule has 33 heavy (non-hydrogen) atoms. The first kappa shape index (κ1) is 20.4. The maximum absolute atomic E-state index is 13.6.